The van der Waals surface area contributed by atoms with Crippen molar-refractivity contribution in [3.8, 4) is 0 Å². The molecule has 0 aliphatic carbocycles. The van der Waals surface area contributed by atoms with Crippen LogP contribution in [0, 0.1) is 10.1 Å². The zero-order valence-corrected chi connectivity index (χ0v) is 15.5. The number of nitrogens with one attached hydrogen (secondary N) is 1. The third-order valence-electron chi connectivity index (χ3n) is 5.07. The number of halogens is 3. The van der Waals surface area contributed by atoms with Crippen LogP contribution in [0.25, 0.3) is 10.9 Å². The lowest BCUT2D eigenvalue weighted by atomic mass is 10.1. The van der Waals surface area contributed by atoms with E-state index in [0.717, 1.165) is 12.3 Å². The molecule has 11 heteroatoms. The number of piperazine rings is 1. The number of non-ortho nitro benzene ring substituents is 1. The molecule has 1 N–H and O–H groups in total. The van der Waals surface area contributed by atoms with Gasteiger partial charge in [0.2, 0.25) is 0 Å². The Kier molecular flexibility index (Phi) is 4.80. The molecule has 1 fully saturated rings. The van der Waals surface area contributed by atoms with Gasteiger partial charge in [-0.15, -0.1) is 0 Å². The fourth-order valence-corrected chi connectivity index (χ4v) is 3.45. The number of hydrogen-bond acceptors (Lipinski definition) is 5. The van der Waals surface area contributed by atoms with Crippen molar-refractivity contribution in [2.45, 2.75) is 6.18 Å². The summed E-state index contributed by atoms with van der Waals surface area (Å²) in [5.41, 5.74) is 0.0502. The maximum Gasteiger partial charge on any atom is 0.417 e. The van der Waals surface area contributed by atoms with Gasteiger partial charge in [-0.1, -0.05) is 0 Å². The molecule has 0 unspecified atom stereocenters. The third kappa shape index (κ3) is 3.65. The first kappa shape index (κ1) is 19.7. The van der Waals surface area contributed by atoms with Crippen molar-refractivity contribution in [3.63, 3.8) is 0 Å². The van der Waals surface area contributed by atoms with E-state index in [9.17, 15) is 28.1 Å². The number of nitro groups is 1. The van der Waals surface area contributed by atoms with Gasteiger partial charge in [-0.2, -0.15) is 13.2 Å². The Bertz CT molecular complexity index is 1100. The van der Waals surface area contributed by atoms with Gasteiger partial charge in [0.25, 0.3) is 11.6 Å². The zero-order chi connectivity index (χ0) is 21.5. The molecule has 1 saturated heterocycles. The summed E-state index contributed by atoms with van der Waals surface area (Å²) >= 11 is 0. The molecule has 0 spiro atoms. The van der Waals surface area contributed by atoms with Crippen LogP contribution in [-0.4, -0.2) is 51.9 Å². The van der Waals surface area contributed by atoms with Gasteiger partial charge in [-0.05, 0) is 18.2 Å². The minimum atomic E-state index is -4.44. The minimum Gasteiger partial charge on any atom is -0.360 e. The lowest BCUT2D eigenvalue weighted by molar-refractivity contribution is -0.384. The normalized spacial score (nSPS) is 14.9. The van der Waals surface area contributed by atoms with Crippen LogP contribution in [-0.2, 0) is 6.18 Å². The van der Waals surface area contributed by atoms with E-state index in [2.05, 4.69) is 9.97 Å². The van der Waals surface area contributed by atoms with Gasteiger partial charge in [0.15, 0.2) is 0 Å². The van der Waals surface area contributed by atoms with Crippen molar-refractivity contribution in [2.24, 2.45) is 0 Å². The highest BCUT2D eigenvalue weighted by atomic mass is 19.4. The van der Waals surface area contributed by atoms with Crippen LogP contribution in [0.4, 0.5) is 24.7 Å². The Balaban J connectivity index is 1.46. The van der Waals surface area contributed by atoms with Crippen molar-refractivity contribution < 1.29 is 22.9 Å². The maximum absolute atomic E-state index is 12.9. The summed E-state index contributed by atoms with van der Waals surface area (Å²) in [6.45, 7) is 1.52. The van der Waals surface area contributed by atoms with Gasteiger partial charge in [-0.25, -0.2) is 4.98 Å². The van der Waals surface area contributed by atoms with Crippen molar-refractivity contribution >= 4 is 28.3 Å². The van der Waals surface area contributed by atoms with Crippen LogP contribution in [0.15, 0.2) is 42.7 Å². The average molecular weight is 419 g/mol. The topological polar surface area (TPSA) is 95.4 Å². The van der Waals surface area contributed by atoms with Crippen LogP contribution < -0.4 is 4.90 Å². The number of carbonyl (C=O) groups is 1. The monoisotopic (exact) mass is 419 g/mol. The average Bonchev–Trinajstić information content (AvgIpc) is 3.16. The second-order valence-electron chi connectivity index (χ2n) is 6.87. The summed E-state index contributed by atoms with van der Waals surface area (Å²) in [7, 11) is 0. The van der Waals surface area contributed by atoms with Gasteiger partial charge < -0.3 is 14.8 Å². The molecule has 1 aliphatic rings. The number of nitrogens with zero attached hydrogens (tertiary/aromatic N) is 4. The third-order valence-corrected chi connectivity index (χ3v) is 5.07. The van der Waals surface area contributed by atoms with E-state index in [1.807, 2.05) is 4.90 Å². The Morgan fingerprint density at radius 1 is 1.13 bits per heavy atom. The Hall–Kier alpha value is -3.63. The number of nitro benzene ring substituents is 1. The van der Waals surface area contributed by atoms with Crippen molar-refractivity contribution in [1.82, 2.24) is 14.9 Å². The van der Waals surface area contributed by atoms with Crippen LogP contribution in [0.1, 0.15) is 15.9 Å². The van der Waals surface area contributed by atoms with Gasteiger partial charge in [-0.3, -0.25) is 14.9 Å². The molecule has 2 aromatic heterocycles. The Labute approximate surface area is 168 Å². The SMILES string of the molecule is O=C(c1c[nH]c2ccc([N+](=O)[O-])cc12)N1CCN(c2ccc(C(F)(F)F)cn2)CC1. The number of pyridine rings is 1. The molecular weight excluding hydrogens is 403 g/mol. The van der Waals surface area contributed by atoms with Crippen LogP contribution in [0.2, 0.25) is 0 Å². The number of aromatic nitrogens is 2. The van der Waals surface area contributed by atoms with E-state index in [0.29, 0.717) is 48.5 Å². The van der Waals surface area contributed by atoms with Crippen molar-refractivity contribution in [2.75, 3.05) is 31.1 Å². The summed E-state index contributed by atoms with van der Waals surface area (Å²) < 4.78 is 38.0. The number of rotatable bonds is 3. The molecule has 0 atom stereocenters. The molecule has 1 aromatic carbocycles. The first-order valence-electron chi connectivity index (χ1n) is 9.07. The van der Waals surface area contributed by atoms with Gasteiger partial charge in [0, 0.05) is 61.6 Å². The molecule has 8 nitrogen and oxygen atoms in total. The second kappa shape index (κ2) is 7.32. The number of alkyl halides is 3. The van der Waals surface area contributed by atoms with Crippen LogP contribution >= 0.6 is 0 Å². The van der Waals surface area contributed by atoms with Crippen LogP contribution in [0.3, 0.4) is 0 Å². The number of H-pyrrole nitrogens is 1. The van der Waals surface area contributed by atoms with E-state index in [-0.39, 0.29) is 11.6 Å². The molecule has 4 rings (SSSR count). The highest BCUT2D eigenvalue weighted by molar-refractivity contribution is 6.07. The van der Waals surface area contributed by atoms with E-state index < -0.39 is 16.7 Å². The predicted octanol–water partition coefficient (Wildman–Crippen LogP) is 3.45. The van der Waals surface area contributed by atoms with Crippen LogP contribution in [0.5, 0.6) is 0 Å². The summed E-state index contributed by atoms with van der Waals surface area (Å²) in [4.78, 5) is 33.7. The Morgan fingerprint density at radius 2 is 1.87 bits per heavy atom. The Morgan fingerprint density at radius 3 is 2.47 bits per heavy atom. The number of hydrogen-bond donors (Lipinski definition) is 1. The number of fused-ring (bicyclic) bond motifs is 1. The summed E-state index contributed by atoms with van der Waals surface area (Å²) in [5, 5.41) is 11.5. The fourth-order valence-electron chi connectivity index (χ4n) is 3.45. The maximum atomic E-state index is 12.9. The standard InChI is InChI=1S/C19H16F3N5O3/c20-19(21,22)12-1-4-17(24-10-12)25-5-7-26(8-6-25)18(28)15-11-23-16-3-2-13(27(29)30)9-14(15)16/h1-4,9-11,23H,5-8H2. The highest BCUT2D eigenvalue weighted by Crippen LogP contribution is 2.30. The first-order chi connectivity index (χ1) is 14.2. The summed E-state index contributed by atoms with van der Waals surface area (Å²) in [5.74, 6) is 0.152. The largest absolute Gasteiger partial charge is 0.417 e. The number of amides is 1. The number of anilines is 1. The van der Waals surface area contributed by atoms with Gasteiger partial charge >= 0.3 is 6.18 Å². The number of carbonyl (C=O) groups excluding carboxylic acids is 1. The molecule has 1 aliphatic heterocycles. The molecular formula is C19H16F3N5O3. The highest BCUT2D eigenvalue weighted by Gasteiger charge is 2.31. The molecule has 0 bridgehead atoms. The van der Waals surface area contributed by atoms with E-state index in [1.165, 1.54) is 24.4 Å². The smallest absolute Gasteiger partial charge is 0.360 e. The quantitative estimate of drug-likeness (QED) is 0.518. The number of benzene rings is 1. The van der Waals surface area contributed by atoms with Crippen molar-refractivity contribution in [1.29, 1.82) is 0 Å². The lowest BCUT2D eigenvalue weighted by Gasteiger charge is -2.35. The first-order valence-corrected chi connectivity index (χ1v) is 9.07. The van der Waals surface area contributed by atoms with Gasteiger partial charge in [0.1, 0.15) is 5.82 Å². The van der Waals surface area contributed by atoms with Crippen molar-refractivity contribution in [3.05, 3.63) is 64.0 Å². The van der Waals surface area contributed by atoms with E-state index in [4.69, 9.17) is 0 Å². The molecule has 0 saturated carbocycles. The molecule has 3 heterocycles. The fraction of sp³-hybridized carbons (Fsp3) is 0.263. The lowest BCUT2D eigenvalue weighted by Crippen LogP contribution is -2.49. The zero-order valence-electron chi connectivity index (χ0n) is 15.5. The molecule has 0 radical (unpaired) electrons. The molecule has 3 aromatic rings. The summed E-state index contributed by atoms with van der Waals surface area (Å²) in [6, 6.07) is 6.58. The van der Waals surface area contributed by atoms with E-state index >= 15 is 0 Å². The van der Waals surface area contributed by atoms with E-state index in [1.54, 1.807) is 11.0 Å². The molecule has 156 valence electrons. The molecule has 30 heavy (non-hydrogen) atoms. The molecule has 1 amide bonds. The minimum absolute atomic E-state index is 0.102. The second-order valence-corrected chi connectivity index (χ2v) is 6.87. The predicted molar refractivity (Wildman–Crippen MR) is 102 cm³/mol. The number of aromatic amines is 1. The summed E-state index contributed by atoms with van der Waals surface area (Å²) in [6.07, 6.45) is -2.11. The van der Waals surface area contributed by atoms with Gasteiger partial charge in [0.05, 0.1) is 16.1 Å².